The monoisotopic (exact) mass is 302 g/mol. The van der Waals surface area contributed by atoms with Gasteiger partial charge in [-0.05, 0) is 12.1 Å². The Bertz CT molecular complexity index is 608. The van der Waals surface area contributed by atoms with Gasteiger partial charge in [0.2, 0.25) is 0 Å². The van der Waals surface area contributed by atoms with Crippen molar-refractivity contribution in [2.24, 2.45) is 0 Å². The average molecular weight is 303 g/mol. The lowest BCUT2D eigenvalue weighted by atomic mass is 9.91. The van der Waals surface area contributed by atoms with E-state index in [1.807, 2.05) is 20.8 Å². The Morgan fingerprint density at radius 3 is 2.21 bits per heavy atom. The molecule has 2 aromatic rings. The van der Waals surface area contributed by atoms with Crippen LogP contribution in [-0.2, 0) is 5.41 Å². The SMILES string of the molecule is CC(C)(C)c1c(N)nnn1-c1cc(Cl)c(F)c(Cl)c1. The van der Waals surface area contributed by atoms with Crippen LogP contribution in [-0.4, -0.2) is 15.0 Å². The number of halogens is 3. The van der Waals surface area contributed by atoms with Gasteiger partial charge < -0.3 is 5.73 Å². The summed E-state index contributed by atoms with van der Waals surface area (Å²) in [5.74, 6) is -0.332. The van der Waals surface area contributed by atoms with E-state index in [4.69, 9.17) is 28.9 Å². The van der Waals surface area contributed by atoms with Crippen LogP contribution in [0.1, 0.15) is 26.5 Å². The first-order valence-corrected chi connectivity index (χ1v) is 6.34. The van der Waals surface area contributed by atoms with Gasteiger partial charge in [-0.2, -0.15) is 0 Å². The third-order valence-corrected chi connectivity index (χ3v) is 3.17. The molecule has 0 aliphatic carbocycles. The molecule has 19 heavy (non-hydrogen) atoms. The number of nitrogens with two attached hydrogens (primary N) is 1. The highest BCUT2D eigenvalue weighted by molar-refractivity contribution is 6.35. The maximum atomic E-state index is 13.4. The number of hydrogen-bond donors (Lipinski definition) is 1. The highest BCUT2D eigenvalue weighted by Crippen LogP contribution is 2.31. The van der Waals surface area contributed by atoms with Crippen LogP contribution in [0.4, 0.5) is 10.2 Å². The fourth-order valence-corrected chi connectivity index (χ4v) is 2.32. The second-order valence-corrected chi connectivity index (χ2v) is 6.02. The first kappa shape index (κ1) is 14.1. The molecule has 1 heterocycles. The van der Waals surface area contributed by atoms with E-state index >= 15 is 0 Å². The normalized spacial score (nSPS) is 11.9. The molecule has 2 rings (SSSR count). The molecule has 0 amide bonds. The van der Waals surface area contributed by atoms with Gasteiger partial charge >= 0.3 is 0 Å². The van der Waals surface area contributed by atoms with Crippen LogP contribution in [0.2, 0.25) is 10.0 Å². The molecular weight excluding hydrogens is 290 g/mol. The van der Waals surface area contributed by atoms with E-state index in [2.05, 4.69) is 10.3 Å². The summed E-state index contributed by atoms with van der Waals surface area (Å²) < 4.78 is 15.0. The molecule has 1 aromatic heterocycles. The van der Waals surface area contributed by atoms with E-state index in [-0.39, 0.29) is 15.5 Å². The highest BCUT2D eigenvalue weighted by atomic mass is 35.5. The summed E-state index contributed by atoms with van der Waals surface area (Å²) in [4.78, 5) is 0. The summed E-state index contributed by atoms with van der Waals surface area (Å²) in [7, 11) is 0. The van der Waals surface area contributed by atoms with E-state index in [1.54, 1.807) is 0 Å². The molecule has 0 saturated carbocycles. The Labute approximate surface area is 120 Å². The smallest absolute Gasteiger partial charge is 0.170 e. The van der Waals surface area contributed by atoms with Gasteiger partial charge in [-0.15, -0.1) is 5.10 Å². The van der Waals surface area contributed by atoms with E-state index < -0.39 is 5.82 Å². The van der Waals surface area contributed by atoms with Crippen LogP contribution in [0.15, 0.2) is 12.1 Å². The minimum absolute atomic E-state index is 0.0727. The van der Waals surface area contributed by atoms with Crippen molar-refractivity contribution in [3.8, 4) is 5.69 Å². The van der Waals surface area contributed by atoms with Crippen molar-refractivity contribution >= 4 is 29.0 Å². The predicted octanol–water partition coefficient (Wildman–Crippen LogP) is 3.59. The predicted molar refractivity (Wildman–Crippen MR) is 74.4 cm³/mol. The molecule has 4 nitrogen and oxygen atoms in total. The maximum absolute atomic E-state index is 13.4. The van der Waals surface area contributed by atoms with Gasteiger partial charge in [0.25, 0.3) is 0 Å². The molecule has 2 N–H and O–H groups in total. The lowest BCUT2D eigenvalue weighted by Crippen LogP contribution is -2.19. The summed E-state index contributed by atoms with van der Waals surface area (Å²) >= 11 is 11.6. The number of rotatable bonds is 1. The summed E-state index contributed by atoms with van der Waals surface area (Å²) in [5, 5.41) is 7.67. The lowest BCUT2D eigenvalue weighted by Gasteiger charge is -2.20. The molecule has 102 valence electrons. The van der Waals surface area contributed by atoms with Gasteiger partial charge in [-0.1, -0.05) is 49.2 Å². The van der Waals surface area contributed by atoms with Crippen molar-refractivity contribution in [1.82, 2.24) is 15.0 Å². The Morgan fingerprint density at radius 1 is 1.21 bits per heavy atom. The number of benzene rings is 1. The highest BCUT2D eigenvalue weighted by Gasteiger charge is 2.25. The average Bonchev–Trinajstić information content (AvgIpc) is 2.67. The Balaban J connectivity index is 2.67. The number of aromatic nitrogens is 3. The van der Waals surface area contributed by atoms with Gasteiger partial charge in [0, 0.05) is 5.41 Å². The third kappa shape index (κ3) is 2.53. The van der Waals surface area contributed by atoms with E-state index in [1.165, 1.54) is 16.8 Å². The number of hydrogen-bond acceptors (Lipinski definition) is 3. The van der Waals surface area contributed by atoms with Crippen LogP contribution in [0, 0.1) is 5.82 Å². The zero-order chi connectivity index (χ0) is 14.4. The molecule has 0 spiro atoms. The van der Waals surface area contributed by atoms with E-state index in [9.17, 15) is 4.39 Å². The van der Waals surface area contributed by atoms with Gasteiger partial charge in [0.1, 0.15) is 0 Å². The summed E-state index contributed by atoms with van der Waals surface area (Å²) in [6.45, 7) is 5.93. The van der Waals surface area contributed by atoms with E-state index in [0.717, 1.165) is 0 Å². The van der Waals surface area contributed by atoms with Crippen molar-refractivity contribution in [2.45, 2.75) is 26.2 Å². The van der Waals surface area contributed by atoms with Crippen molar-refractivity contribution in [2.75, 3.05) is 5.73 Å². The number of nitrogens with zero attached hydrogens (tertiary/aromatic N) is 3. The number of anilines is 1. The third-order valence-electron chi connectivity index (χ3n) is 2.62. The zero-order valence-electron chi connectivity index (χ0n) is 10.7. The maximum Gasteiger partial charge on any atom is 0.170 e. The Morgan fingerprint density at radius 2 is 1.74 bits per heavy atom. The first-order valence-electron chi connectivity index (χ1n) is 5.58. The largest absolute Gasteiger partial charge is 0.381 e. The number of nitrogen functional groups attached to an aromatic ring is 1. The van der Waals surface area contributed by atoms with Crippen LogP contribution >= 0.6 is 23.2 Å². The second-order valence-electron chi connectivity index (χ2n) is 5.21. The van der Waals surface area contributed by atoms with Gasteiger partial charge in [0.05, 0.1) is 21.4 Å². The minimum Gasteiger partial charge on any atom is -0.381 e. The molecule has 7 heteroatoms. The summed E-state index contributed by atoms with van der Waals surface area (Å²) in [6.07, 6.45) is 0. The van der Waals surface area contributed by atoms with Crippen molar-refractivity contribution in [3.05, 3.63) is 33.7 Å². The van der Waals surface area contributed by atoms with E-state index in [0.29, 0.717) is 17.2 Å². The topological polar surface area (TPSA) is 56.7 Å². The van der Waals surface area contributed by atoms with Crippen molar-refractivity contribution in [1.29, 1.82) is 0 Å². The first-order chi connectivity index (χ1) is 8.71. The minimum atomic E-state index is -0.655. The lowest BCUT2D eigenvalue weighted by molar-refractivity contribution is 0.544. The molecular formula is C12H13Cl2FN4. The molecule has 0 saturated heterocycles. The molecule has 0 unspecified atom stereocenters. The molecule has 1 aromatic carbocycles. The Kier molecular flexibility index (Phi) is 3.45. The van der Waals surface area contributed by atoms with Crippen LogP contribution in [0.5, 0.6) is 0 Å². The molecule has 0 aliphatic heterocycles. The van der Waals surface area contributed by atoms with Gasteiger partial charge in [-0.25, -0.2) is 9.07 Å². The quantitative estimate of drug-likeness (QED) is 0.819. The molecule has 0 fully saturated rings. The van der Waals surface area contributed by atoms with Crippen molar-refractivity contribution in [3.63, 3.8) is 0 Å². The summed E-state index contributed by atoms with van der Waals surface area (Å²) in [6, 6.07) is 2.87. The molecule has 0 radical (unpaired) electrons. The fourth-order valence-electron chi connectivity index (χ4n) is 1.84. The van der Waals surface area contributed by atoms with Crippen LogP contribution < -0.4 is 5.73 Å². The molecule has 0 bridgehead atoms. The van der Waals surface area contributed by atoms with Crippen LogP contribution in [0.3, 0.4) is 0 Å². The fraction of sp³-hybridized carbons (Fsp3) is 0.333. The van der Waals surface area contributed by atoms with Gasteiger partial charge in [-0.3, -0.25) is 0 Å². The second kappa shape index (κ2) is 4.65. The summed E-state index contributed by atoms with van der Waals surface area (Å²) in [5.41, 5.74) is 6.79. The molecule has 0 atom stereocenters. The molecule has 0 aliphatic rings. The standard InChI is InChI=1S/C12H13Cl2FN4/c1-12(2,3)10-11(16)17-18-19(10)6-4-7(13)9(15)8(14)5-6/h4-5H,16H2,1-3H3. The zero-order valence-corrected chi connectivity index (χ0v) is 12.2. The van der Waals surface area contributed by atoms with Gasteiger partial charge in [0.15, 0.2) is 11.6 Å². The van der Waals surface area contributed by atoms with Crippen molar-refractivity contribution < 1.29 is 4.39 Å². The Hall–Kier alpha value is -1.33. The van der Waals surface area contributed by atoms with Crippen LogP contribution in [0.25, 0.3) is 5.69 Å².